The van der Waals surface area contributed by atoms with E-state index in [1.165, 1.54) is 4.90 Å². The highest BCUT2D eigenvalue weighted by atomic mass is 32.1. The summed E-state index contributed by atoms with van der Waals surface area (Å²) in [6.45, 7) is 9.78. The second kappa shape index (κ2) is 22.5. The van der Waals surface area contributed by atoms with Crippen LogP contribution in [0.3, 0.4) is 0 Å². The number of nitrogens with two attached hydrogens (primary N) is 2. The van der Waals surface area contributed by atoms with E-state index in [2.05, 4.69) is 20.9 Å². The Morgan fingerprint density at radius 1 is 0.877 bits per heavy atom. The fraction of sp³-hybridized carbons (Fsp3) is 0.411. The van der Waals surface area contributed by atoms with Crippen molar-refractivity contribution in [3.05, 3.63) is 130 Å². The predicted octanol–water partition coefficient (Wildman–Crippen LogP) is 5.02. The molecule has 1 saturated heterocycles. The lowest BCUT2D eigenvalue weighted by molar-refractivity contribution is -0.144. The van der Waals surface area contributed by atoms with E-state index in [-0.39, 0.29) is 69.0 Å². The van der Waals surface area contributed by atoms with Gasteiger partial charge in [-0.25, -0.2) is 4.98 Å². The van der Waals surface area contributed by atoms with Crippen LogP contribution in [0.25, 0.3) is 21.6 Å². The zero-order chi connectivity index (χ0) is 52.1. The molecule has 3 aliphatic heterocycles. The van der Waals surface area contributed by atoms with Crippen LogP contribution in [-0.2, 0) is 65.9 Å². The van der Waals surface area contributed by atoms with Crippen molar-refractivity contribution in [3.8, 4) is 21.6 Å². The standard InChI is InChI=1S/C56H66N8O8S/c1-32-50(73-31-60-32)39-18-12-34(13-19-39)28-59-52(68)45-27-42(65)29-63(45)55(71)51(56(3,4)5)62-48(67)25-36-8-6-10-40(24-36)37-16-14-35(15-17-37)30-72-33(2)44(22-23-47(58)66)61-53(69)46-26-41-11-7-9-38-20-21-43(57)54(70)64(46)49(38)41/h6-19,24,31,33,42-46,51,65H,20-23,25-30,57H2,1-5H3,(H2,58,66)(H,59,68)(H,61,69)(H,62,67)/t33-,42-,43+,44+,45+,46+,51?/m1/s1. The van der Waals surface area contributed by atoms with E-state index < -0.39 is 59.6 Å². The van der Waals surface area contributed by atoms with Gasteiger partial charge in [-0.15, -0.1) is 11.3 Å². The lowest BCUT2D eigenvalue weighted by Gasteiger charge is -2.35. The Morgan fingerprint density at radius 3 is 2.27 bits per heavy atom. The smallest absolute Gasteiger partial charge is 0.246 e. The lowest BCUT2D eigenvalue weighted by atomic mass is 9.85. The molecule has 8 rings (SSSR count). The van der Waals surface area contributed by atoms with Crippen LogP contribution in [0, 0.1) is 12.3 Å². The van der Waals surface area contributed by atoms with E-state index in [9.17, 15) is 33.9 Å². The quantitative estimate of drug-likeness (QED) is 0.0685. The maximum absolute atomic E-state index is 14.3. The first kappa shape index (κ1) is 52.5. The summed E-state index contributed by atoms with van der Waals surface area (Å²) in [7, 11) is 0. The van der Waals surface area contributed by atoms with E-state index in [1.807, 2.05) is 131 Å². The second-order valence-corrected chi connectivity index (χ2v) is 21.5. The zero-order valence-corrected chi connectivity index (χ0v) is 42.9. The van der Waals surface area contributed by atoms with E-state index in [0.717, 1.165) is 60.8 Å². The number of carbonyl (C=O) groups excluding carboxylic acids is 6. The van der Waals surface area contributed by atoms with Gasteiger partial charge in [0.15, 0.2) is 0 Å². The summed E-state index contributed by atoms with van der Waals surface area (Å²) >= 11 is 1.57. The lowest BCUT2D eigenvalue weighted by Crippen LogP contribution is -2.58. The van der Waals surface area contributed by atoms with Gasteiger partial charge in [0.25, 0.3) is 0 Å². The Kier molecular flexibility index (Phi) is 16.2. The minimum Gasteiger partial charge on any atom is -0.391 e. The molecule has 0 aliphatic carbocycles. The van der Waals surface area contributed by atoms with Crippen molar-refractivity contribution in [2.45, 2.75) is 135 Å². The third kappa shape index (κ3) is 12.4. The molecule has 16 nitrogen and oxygen atoms in total. The van der Waals surface area contributed by atoms with Gasteiger partial charge in [0.05, 0.1) is 59.1 Å². The average Bonchev–Trinajstić information content (AvgIpc) is 4.08. The number of benzene rings is 4. The van der Waals surface area contributed by atoms with Gasteiger partial charge in [0.1, 0.15) is 18.1 Å². The molecule has 1 aromatic heterocycles. The van der Waals surface area contributed by atoms with Gasteiger partial charge in [-0.1, -0.05) is 112 Å². The summed E-state index contributed by atoms with van der Waals surface area (Å²) < 4.78 is 6.30. The first-order valence-electron chi connectivity index (χ1n) is 25.0. The Balaban J connectivity index is 0.856. The molecule has 0 spiro atoms. The number of hydrogen-bond donors (Lipinski definition) is 6. The monoisotopic (exact) mass is 1010 g/mol. The van der Waals surface area contributed by atoms with Crippen LogP contribution in [0.15, 0.2) is 96.5 Å². The number of anilines is 1. The van der Waals surface area contributed by atoms with Gasteiger partial charge in [0.2, 0.25) is 35.4 Å². The number of primary amides is 1. The number of aromatic nitrogens is 1. The molecule has 5 aromatic rings. The van der Waals surface area contributed by atoms with Crippen molar-refractivity contribution in [2.75, 3.05) is 11.4 Å². The maximum Gasteiger partial charge on any atom is 0.246 e. The summed E-state index contributed by atoms with van der Waals surface area (Å²) in [5, 5.41) is 19.7. The van der Waals surface area contributed by atoms with E-state index in [0.29, 0.717) is 19.3 Å². The van der Waals surface area contributed by atoms with Crippen LogP contribution >= 0.6 is 11.3 Å². The Hall–Kier alpha value is -6.79. The molecule has 0 bridgehead atoms. The minimum absolute atomic E-state index is 0.00450. The highest BCUT2D eigenvalue weighted by Crippen LogP contribution is 2.39. The normalized spacial score (nSPS) is 19.6. The topological polar surface area (TPSA) is 239 Å². The molecule has 73 heavy (non-hydrogen) atoms. The van der Waals surface area contributed by atoms with Crippen LogP contribution in [0.5, 0.6) is 0 Å². The molecular weight excluding hydrogens is 945 g/mol. The molecule has 8 N–H and O–H groups in total. The predicted molar refractivity (Wildman–Crippen MR) is 280 cm³/mol. The molecular formula is C56H66N8O8S. The number of thiazole rings is 1. The molecule has 0 radical (unpaired) electrons. The van der Waals surface area contributed by atoms with E-state index >= 15 is 0 Å². The molecule has 0 saturated carbocycles. The van der Waals surface area contributed by atoms with Crippen molar-refractivity contribution in [1.82, 2.24) is 25.8 Å². The number of aryl methyl sites for hydroxylation is 2. The number of aliphatic hydroxyl groups excluding tert-OH is 1. The molecule has 6 amide bonds. The second-order valence-electron chi connectivity index (χ2n) is 20.7. The van der Waals surface area contributed by atoms with Gasteiger partial charge < -0.3 is 42.2 Å². The SMILES string of the molecule is Cc1ncsc1-c1ccc(CNC(=O)[C@@H]2C[C@@H](O)CN2C(=O)C(NC(=O)Cc2cccc(-c3ccc(CO[C@H](C)[C@H](CCC(N)=O)NC(=O)[C@@H]4Cc5cccc6c5N4C(=O)[C@@H](N)CC6)cc3)c2)C(C)(C)C)cc1. The van der Waals surface area contributed by atoms with Crippen molar-refractivity contribution in [1.29, 1.82) is 0 Å². The number of amides is 6. The Bertz CT molecular complexity index is 2850. The van der Waals surface area contributed by atoms with Gasteiger partial charge in [-0.2, -0.15) is 0 Å². The van der Waals surface area contributed by atoms with E-state index in [1.54, 1.807) is 16.2 Å². The number of likely N-dealkylation sites (tertiary alicyclic amines) is 1. The fourth-order valence-electron chi connectivity index (χ4n) is 10.0. The molecule has 384 valence electrons. The molecule has 1 unspecified atom stereocenters. The number of β-amino-alcohol motifs (C(OH)–C–C–N with tert-alkyl or cyclic N) is 1. The molecule has 7 atom stereocenters. The molecule has 4 aromatic carbocycles. The fourth-order valence-corrected chi connectivity index (χ4v) is 10.9. The number of rotatable bonds is 18. The molecule has 17 heteroatoms. The average molecular weight is 1010 g/mol. The first-order valence-corrected chi connectivity index (χ1v) is 25.9. The van der Waals surface area contributed by atoms with Crippen molar-refractivity contribution in [2.24, 2.45) is 16.9 Å². The van der Waals surface area contributed by atoms with Gasteiger partial charge in [-0.3, -0.25) is 33.7 Å². The number of aliphatic hydroxyl groups is 1. The maximum atomic E-state index is 14.3. The summed E-state index contributed by atoms with van der Waals surface area (Å²) in [5.74, 6) is -2.31. The molecule has 4 heterocycles. The Morgan fingerprint density at radius 2 is 1.58 bits per heavy atom. The summed E-state index contributed by atoms with van der Waals surface area (Å²) in [6.07, 6.45) is 0.436. The number of ether oxygens (including phenoxy) is 1. The molecule has 3 aliphatic rings. The van der Waals surface area contributed by atoms with Gasteiger partial charge in [-0.05, 0) is 83.0 Å². The zero-order valence-electron chi connectivity index (χ0n) is 42.1. The highest BCUT2D eigenvalue weighted by molar-refractivity contribution is 7.13. The van der Waals surface area contributed by atoms with Crippen LogP contribution in [-0.4, -0.2) is 99.4 Å². The largest absolute Gasteiger partial charge is 0.391 e. The van der Waals surface area contributed by atoms with Crippen molar-refractivity contribution in [3.63, 3.8) is 0 Å². The minimum atomic E-state index is -0.975. The Labute approximate surface area is 430 Å². The number of nitrogens with zero attached hydrogens (tertiary/aromatic N) is 3. The summed E-state index contributed by atoms with van der Waals surface area (Å²) in [5.41, 5.74) is 21.8. The number of nitrogens with one attached hydrogen (secondary N) is 3. The number of carbonyl (C=O) groups is 6. The summed E-state index contributed by atoms with van der Waals surface area (Å²) in [4.78, 5) is 89.3. The van der Waals surface area contributed by atoms with E-state index in [4.69, 9.17) is 16.2 Å². The van der Waals surface area contributed by atoms with Gasteiger partial charge in [0, 0.05) is 32.4 Å². The van der Waals surface area contributed by atoms with Crippen molar-refractivity contribution >= 4 is 52.5 Å². The van der Waals surface area contributed by atoms with Crippen molar-refractivity contribution < 1.29 is 38.6 Å². The number of para-hydroxylation sites is 1. The summed E-state index contributed by atoms with van der Waals surface area (Å²) in [6, 6.07) is 25.1. The van der Waals surface area contributed by atoms with Crippen LogP contribution in [0.4, 0.5) is 5.69 Å². The number of hydrogen-bond acceptors (Lipinski definition) is 11. The van der Waals surface area contributed by atoms with Crippen LogP contribution in [0.1, 0.15) is 86.9 Å². The molecule has 1 fully saturated rings. The highest BCUT2D eigenvalue weighted by Gasteiger charge is 2.45. The third-order valence-corrected chi connectivity index (χ3v) is 15.1. The van der Waals surface area contributed by atoms with Gasteiger partial charge >= 0.3 is 0 Å². The van der Waals surface area contributed by atoms with Crippen LogP contribution < -0.4 is 32.3 Å². The van der Waals surface area contributed by atoms with Crippen LogP contribution in [0.2, 0.25) is 0 Å². The third-order valence-electron chi connectivity index (χ3n) is 14.2. The first-order chi connectivity index (χ1) is 34.8.